The van der Waals surface area contributed by atoms with E-state index in [2.05, 4.69) is 0 Å². The molecule has 2 unspecified atom stereocenters. The molecule has 0 aromatic carbocycles. The molecule has 12 nitrogen and oxygen atoms in total. The quantitative estimate of drug-likeness (QED) is 0.228. The Morgan fingerprint density at radius 1 is 0.545 bits per heavy atom. The number of aliphatic carboxylic acids is 4. The van der Waals surface area contributed by atoms with Gasteiger partial charge < -0.3 is 60.0 Å². The van der Waals surface area contributed by atoms with E-state index in [9.17, 15) is 39.6 Å². The van der Waals surface area contributed by atoms with E-state index in [1.165, 1.54) is 0 Å². The van der Waals surface area contributed by atoms with Crippen LogP contribution in [0.4, 0.5) is 0 Å². The molecule has 0 saturated carbocycles. The molecule has 0 rings (SSSR count). The van der Waals surface area contributed by atoms with E-state index in [0.717, 1.165) is 0 Å². The predicted octanol–water partition coefficient (Wildman–Crippen LogP) is -13.0. The van der Waals surface area contributed by atoms with Crippen LogP contribution in [0.2, 0.25) is 0 Å². The van der Waals surface area contributed by atoms with Crippen molar-refractivity contribution in [3.63, 3.8) is 0 Å². The van der Waals surface area contributed by atoms with Gasteiger partial charge >= 0.3 is 77.6 Å². The number of hydrogen-bond acceptors (Lipinski definition) is 12. The smallest absolute Gasteiger partial charge is 0.547 e. The Bertz CT molecular complexity index is 315. The van der Waals surface area contributed by atoms with Crippen LogP contribution in [0.15, 0.2) is 0 Å². The Hall–Kier alpha value is 0.239. The minimum absolute atomic E-state index is 0. The second kappa shape index (κ2) is 14.8. The molecule has 0 spiro atoms. The van der Waals surface area contributed by atoms with Crippen molar-refractivity contribution in [3.05, 3.63) is 0 Å². The average Bonchev–Trinajstić information content (AvgIpc) is 2.35. The van der Waals surface area contributed by atoms with E-state index in [1.807, 2.05) is 0 Å². The molecule has 0 bridgehead atoms. The molecule has 4 atom stereocenters. The van der Waals surface area contributed by atoms with Gasteiger partial charge in [0.1, 0.15) is 24.4 Å². The monoisotopic (exact) mass is 544 g/mol. The van der Waals surface area contributed by atoms with Crippen LogP contribution in [0.1, 0.15) is 0 Å². The first-order chi connectivity index (χ1) is 8.93. The molecule has 0 aliphatic carbocycles. The summed E-state index contributed by atoms with van der Waals surface area (Å²) >= 11 is 0. The van der Waals surface area contributed by atoms with Gasteiger partial charge in [-0.15, -0.1) is 0 Å². The van der Waals surface area contributed by atoms with E-state index in [-0.39, 0.29) is 77.6 Å². The molecular formula is C8H8BiKO12. The molecule has 0 aliphatic heterocycles. The van der Waals surface area contributed by atoms with Crippen LogP contribution in [0.3, 0.4) is 0 Å². The number of aliphatic hydroxyl groups excluding tert-OH is 4. The fourth-order valence-corrected chi connectivity index (χ4v) is 0.516. The summed E-state index contributed by atoms with van der Waals surface area (Å²) in [5.41, 5.74) is 0. The van der Waals surface area contributed by atoms with E-state index in [0.29, 0.717) is 0 Å². The molecule has 118 valence electrons. The molecule has 0 saturated heterocycles. The number of carbonyl (C=O) groups is 4. The van der Waals surface area contributed by atoms with Gasteiger partial charge in [0.15, 0.2) is 0 Å². The molecular weight excluding hydrogens is 536 g/mol. The minimum atomic E-state index is -2.44. The zero-order chi connectivity index (χ0) is 16.6. The average molecular weight is 544 g/mol. The Morgan fingerprint density at radius 2 is 0.636 bits per heavy atom. The Kier molecular flexibility index (Phi) is 20.3. The number of carbonyl (C=O) groups excluding carboxylic acids is 4. The van der Waals surface area contributed by atoms with Gasteiger partial charge in [-0.2, -0.15) is 0 Å². The van der Waals surface area contributed by atoms with Crippen LogP contribution < -0.4 is 71.8 Å². The zero-order valence-electron chi connectivity index (χ0n) is 10.8. The standard InChI is InChI=1S/2C4H6O6.Bi.K/c2*5-1(3(7)8)2(6)4(9)10;;/h2*1-2,5-6H,(H,7,8)(H,9,10);;/q;;+3;+1/p-4/t1-,2-;;;/m1.../s1. The third kappa shape index (κ3) is 12.8. The van der Waals surface area contributed by atoms with Crippen molar-refractivity contribution in [3.8, 4) is 0 Å². The Labute approximate surface area is 183 Å². The van der Waals surface area contributed by atoms with Crippen molar-refractivity contribution >= 4 is 50.1 Å². The summed E-state index contributed by atoms with van der Waals surface area (Å²) in [6.07, 6.45) is -9.76. The molecule has 2 radical (unpaired) electrons. The maximum absolute atomic E-state index is 9.63. The largest absolute Gasteiger partial charge is 3.00 e. The molecule has 0 aromatic rings. The van der Waals surface area contributed by atoms with Crippen molar-refractivity contribution in [1.29, 1.82) is 0 Å². The summed E-state index contributed by atoms with van der Waals surface area (Å²) in [5.74, 6) is -8.23. The molecule has 0 amide bonds. The summed E-state index contributed by atoms with van der Waals surface area (Å²) in [5, 5.41) is 71.5. The van der Waals surface area contributed by atoms with Gasteiger partial charge in [0.25, 0.3) is 0 Å². The van der Waals surface area contributed by atoms with Gasteiger partial charge in [0, 0.05) is 0 Å². The maximum atomic E-state index is 9.63. The number of hydrogen-bond donors (Lipinski definition) is 4. The number of carboxylic acids is 4. The third-order valence-electron chi connectivity index (χ3n) is 1.56. The normalized spacial score (nSPS) is 14.4. The van der Waals surface area contributed by atoms with E-state index >= 15 is 0 Å². The summed E-state index contributed by atoms with van der Waals surface area (Å²) in [4.78, 5) is 38.5. The SMILES string of the molecule is O=C([O-])C(O)C(O)C(=O)[O-].O=C([O-])[C@H](O)[C@@H](O)C(=O)[O-].[Bi+3].[K+]. The van der Waals surface area contributed by atoms with Crippen molar-refractivity contribution < 1.29 is 111 Å². The minimum Gasteiger partial charge on any atom is -0.547 e. The van der Waals surface area contributed by atoms with Crippen molar-refractivity contribution in [2.75, 3.05) is 0 Å². The second-order valence-corrected chi connectivity index (χ2v) is 3.06. The van der Waals surface area contributed by atoms with Gasteiger partial charge in [-0.25, -0.2) is 0 Å². The van der Waals surface area contributed by atoms with Gasteiger partial charge in [-0.05, 0) is 0 Å². The van der Waals surface area contributed by atoms with Crippen molar-refractivity contribution in [2.45, 2.75) is 24.4 Å². The van der Waals surface area contributed by atoms with Crippen molar-refractivity contribution in [1.82, 2.24) is 0 Å². The molecule has 22 heavy (non-hydrogen) atoms. The summed E-state index contributed by atoms with van der Waals surface area (Å²) in [6, 6.07) is 0. The number of aliphatic hydroxyl groups is 4. The maximum Gasteiger partial charge on any atom is 3.00 e. The van der Waals surface area contributed by atoms with Gasteiger partial charge in [-0.3, -0.25) is 0 Å². The van der Waals surface area contributed by atoms with Crippen LogP contribution >= 0.6 is 0 Å². The molecule has 14 heteroatoms. The third-order valence-corrected chi connectivity index (χ3v) is 1.56. The topological polar surface area (TPSA) is 241 Å². The van der Waals surface area contributed by atoms with Crippen molar-refractivity contribution in [2.24, 2.45) is 0 Å². The molecule has 0 aromatic heterocycles. The van der Waals surface area contributed by atoms with Crippen LogP contribution in [0.5, 0.6) is 0 Å². The first-order valence-electron chi connectivity index (χ1n) is 4.49. The first kappa shape index (κ1) is 30.2. The summed E-state index contributed by atoms with van der Waals surface area (Å²) in [7, 11) is 0. The fraction of sp³-hybridized carbons (Fsp3) is 0.500. The van der Waals surface area contributed by atoms with E-state index in [1.54, 1.807) is 0 Å². The van der Waals surface area contributed by atoms with E-state index in [4.69, 9.17) is 20.4 Å². The van der Waals surface area contributed by atoms with Crippen LogP contribution in [-0.4, -0.2) is 94.9 Å². The van der Waals surface area contributed by atoms with Crippen LogP contribution in [-0.2, 0) is 19.2 Å². The van der Waals surface area contributed by atoms with Crippen LogP contribution in [0.25, 0.3) is 0 Å². The number of rotatable bonds is 6. The van der Waals surface area contributed by atoms with Gasteiger partial charge in [0.05, 0.1) is 23.9 Å². The Balaban J connectivity index is -0.000000135. The molecule has 0 heterocycles. The predicted molar refractivity (Wildman–Crippen MR) is 49.8 cm³/mol. The van der Waals surface area contributed by atoms with Gasteiger partial charge in [0.2, 0.25) is 0 Å². The summed E-state index contributed by atoms with van der Waals surface area (Å²) in [6.45, 7) is 0. The van der Waals surface area contributed by atoms with Gasteiger partial charge in [-0.1, -0.05) is 0 Å². The Morgan fingerprint density at radius 3 is 0.682 bits per heavy atom. The fourth-order valence-electron chi connectivity index (χ4n) is 0.516. The molecule has 0 aliphatic rings. The van der Waals surface area contributed by atoms with E-state index < -0.39 is 48.3 Å². The second-order valence-electron chi connectivity index (χ2n) is 3.06. The van der Waals surface area contributed by atoms with Crippen LogP contribution in [0, 0.1) is 0 Å². The molecule has 0 fully saturated rings. The number of carboxylic acid groups (broad SMARTS) is 4. The first-order valence-corrected chi connectivity index (χ1v) is 4.49. The zero-order valence-corrected chi connectivity index (χ0v) is 17.4. The summed E-state index contributed by atoms with van der Waals surface area (Å²) < 4.78 is 0. The molecule has 4 N–H and O–H groups in total.